The lowest BCUT2D eigenvalue weighted by Gasteiger charge is -2.21. The largest absolute Gasteiger partial charge is 0.324 e. The second kappa shape index (κ2) is 3.59. The first-order chi connectivity index (χ1) is 6.20. The molecule has 0 aromatic heterocycles. The molecule has 0 aromatic carbocycles. The van der Waals surface area contributed by atoms with Gasteiger partial charge in [0.2, 0.25) is 7.37 Å². The predicted molar refractivity (Wildman–Crippen MR) is 54.4 cm³/mol. The lowest BCUT2D eigenvalue weighted by molar-refractivity contribution is 0.172. The van der Waals surface area contributed by atoms with Crippen molar-refractivity contribution in [2.24, 2.45) is 5.92 Å². The summed E-state index contributed by atoms with van der Waals surface area (Å²) in [7, 11) is -2.27. The van der Waals surface area contributed by atoms with Crippen molar-refractivity contribution in [2.45, 2.75) is 32.3 Å². The van der Waals surface area contributed by atoms with E-state index >= 15 is 0 Å². The first-order valence-corrected chi connectivity index (χ1v) is 7.11. The minimum Gasteiger partial charge on any atom is -0.324 e. The predicted octanol–water partition coefficient (Wildman–Crippen LogP) is 3.04. The summed E-state index contributed by atoms with van der Waals surface area (Å²) in [5.41, 5.74) is 0. The molecule has 3 heteroatoms. The highest BCUT2D eigenvalue weighted by Crippen LogP contribution is 2.53. The fourth-order valence-electron chi connectivity index (χ4n) is 2.15. The molecule has 2 rings (SSSR count). The van der Waals surface area contributed by atoms with Gasteiger partial charge in [-0.15, -0.1) is 0 Å². The Morgan fingerprint density at radius 3 is 2.54 bits per heavy atom. The van der Waals surface area contributed by atoms with Crippen LogP contribution in [0.4, 0.5) is 0 Å². The summed E-state index contributed by atoms with van der Waals surface area (Å²) >= 11 is 0. The third-order valence-electron chi connectivity index (χ3n) is 3.04. The molecule has 0 bridgehead atoms. The van der Waals surface area contributed by atoms with E-state index in [2.05, 4.69) is 6.92 Å². The maximum atomic E-state index is 12.0. The van der Waals surface area contributed by atoms with Gasteiger partial charge in [-0.25, -0.2) is 0 Å². The molecule has 2 nitrogen and oxygen atoms in total. The monoisotopic (exact) mass is 200 g/mol. The van der Waals surface area contributed by atoms with Crippen LogP contribution < -0.4 is 0 Å². The van der Waals surface area contributed by atoms with Crippen molar-refractivity contribution in [2.75, 3.05) is 12.3 Å². The second-order valence-corrected chi connectivity index (χ2v) is 6.77. The van der Waals surface area contributed by atoms with Gasteiger partial charge in [-0.3, -0.25) is 4.57 Å². The normalized spacial score (nSPS) is 37.0. The molecular formula is C10H17O2P. The zero-order valence-electron chi connectivity index (χ0n) is 8.11. The summed E-state index contributed by atoms with van der Waals surface area (Å²) in [6, 6.07) is 0. The van der Waals surface area contributed by atoms with Gasteiger partial charge >= 0.3 is 0 Å². The van der Waals surface area contributed by atoms with Gasteiger partial charge < -0.3 is 4.52 Å². The Kier molecular flexibility index (Phi) is 2.62. The number of hydrogen-bond acceptors (Lipinski definition) is 2. The molecule has 0 N–H and O–H groups in total. The molecule has 1 heterocycles. The molecule has 0 spiro atoms. The standard InChI is InChI=1S/C10H17O2P/c1-9-5-4-6-10(9)12-13(11)7-2-3-8-13/h2-3,9-10H,4-8H2,1H3/t9-,10-/m1/s1. The van der Waals surface area contributed by atoms with Crippen LogP contribution in [0.5, 0.6) is 0 Å². The summed E-state index contributed by atoms with van der Waals surface area (Å²) in [6.45, 7) is 2.20. The Morgan fingerprint density at radius 2 is 2.00 bits per heavy atom. The topological polar surface area (TPSA) is 26.3 Å². The zero-order chi connectivity index (χ0) is 9.31. The van der Waals surface area contributed by atoms with Gasteiger partial charge in [0.1, 0.15) is 0 Å². The average molecular weight is 200 g/mol. The van der Waals surface area contributed by atoms with E-state index in [1.807, 2.05) is 12.2 Å². The summed E-state index contributed by atoms with van der Waals surface area (Å²) in [4.78, 5) is 0. The summed E-state index contributed by atoms with van der Waals surface area (Å²) < 4.78 is 17.8. The lowest BCUT2D eigenvalue weighted by atomic mass is 10.1. The van der Waals surface area contributed by atoms with Crippen LogP contribution in [0.3, 0.4) is 0 Å². The smallest absolute Gasteiger partial charge is 0.210 e. The summed E-state index contributed by atoms with van der Waals surface area (Å²) in [6.07, 6.45) is 9.14. The Balaban J connectivity index is 1.93. The number of rotatable bonds is 2. The third-order valence-corrected chi connectivity index (χ3v) is 5.23. The molecule has 0 amide bonds. The maximum absolute atomic E-state index is 12.0. The molecule has 0 saturated heterocycles. The molecule has 1 fully saturated rings. The van der Waals surface area contributed by atoms with Gasteiger partial charge in [0.25, 0.3) is 0 Å². The first kappa shape index (κ1) is 9.48. The van der Waals surface area contributed by atoms with Crippen LogP contribution in [-0.2, 0) is 9.09 Å². The van der Waals surface area contributed by atoms with E-state index in [0.29, 0.717) is 18.2 Å². The Bertz CT molecular complexity index is 248. The van der Waals surface area contributed by atoms with Crippen LogP contribution in [0.25, 0.3) is 0 Å². The molecule has 1 aliphatic heterocycles. The minimum atomic E-state index is -2.27. The lowest BCUT2D eigenvalue weighted by Crippen LogP contribution is -2.14. The van der Waals surface area contributed by atoms with Crippen LogP contribution >= 0.6 is 7.37 Å². The van der Waals surface area contributed by atoms with Gasteiger partial charge in [-0.05, 0) is 18.8 Å². The van der Waals surface area contributed by atoms with Crippen LogP contribution in [0.15, 0.2) is 12.2 Å². The zero-order valence-corrected chi connectivity index (χ0v) is 9.00. The van der Waals surface area contributed by atoms with Gasteiger partial charge in [-0.1, -0.05) is 25.5 Å². The van der Waals surface area contributed by atoms with Crippen LogP contribution in [0.1, 0.15) is 26.2 Å². The maximum Gasteiger partial charge on any atom is 0.210 e. The quantitative estimate of drug-likeness (QED) is 0.506. The molecular weight excluding hydrogens is 183 g/mol. The Labute approximate surface area is 79.8 Å². The van der Waals surface area contributed by atoms with Crippen LogP contribution in [0.2, 0.25) is 0 Å². The Morgan fingerprint density at radius 1 is 1.31 bits per heavy atom. The molecule has 0 unspecified atom stereocenters. The number of hydrogen-bond donors (Lipinski definition) is 0. The van der Waals surface area contributed by atoms with E-state index in [0.717, 1.165) is 6.42 Å². The van der Waals surface area contributed by atoms with Crippen molar-refractivity contribution >= 4 is 7.37 Å². The molecule has 1 saturated carbocycles. The second-order valence-electron chi connectivity index (χ2n) is 4.20. The van der Waals surface area contributed by atoms with Crippen molar-refractivity contribution in [3.05, 3.63) is 12.2 Å². The van der Waals surface area contributed by atoms with E-state index in [1.165, 1.54) is 12.8 Å². The fourth-order valence-corrected chi connectivity index (χ4v) is 4.21. The number of allylic oxidation sites excluding steroid dienone is 2. The highest BCUT2D eigenvalue weighted by atomic mass is 31.2. The van der Waals surface area contributed by atoms with Crippen LogP contribution in [0, 0.1) is 5.92 Å². The van der Waals surface area contributed by atoms with Crippen molar-refractivity contribution in [1.29, 1.82) is 0 Å². The first-order valence-electron chi connectivity index (χ1n) is 5.11. The molecule has 74 valence electrons. The molecule has 0 aromatic rings. The molecule has 13 heavy (non-hydrogen) atoms. The van der Waals surface area contributed by atoms with E-state index in [1.54, 1.807) is 0 Å². The fraction of sp³-hybridized carbons (Fsp3) is 0.800. The average Bonchev–Trinajstić information content (AvgIpc) is 2.64. The van der Waals surface area contributed by atoms with Crippen molar-refractivity contribution in [3.8, 4) is 0 Å². The minimum absolute atomic E-state index is 0.269. The Hall–Kier alpha value is -0.0700. The van der Waals surface area contributed by atoms with Crippen molar-refractivity contribution in [3.63, 3.8) is 0 Å². The highest BCUT2D eigenvalue weighted by molar-refractivity contribution is 7.59. The van der Waals surface area contributed by atoms with Gasteiger partial charge in [0, 0.05) is 12.3 Å². The van der Waals surface area contributed by atoms with E-state index in [9.17, 15) is 4.57 Å². The molecule has 1 aliphatic carbocycles. The van der Waals surface area contributed by atoms with Gasteiger partial charge in [-0.2, -0.15) is 0 Å². The molecule has 2 aliphatic rings. The highest BCUT2D eigenvalue weighted by Gasteiger charge is 2.33. The molecule has 0 radical (unpaired) electrons. The van der Waals surface area contributed by atoms with Crippen LogP contribution in [-0.4, -0.2) is 18.4 Å². The SMILES string of the molecule is C[C@@H]1CCC[C@H]1OP1(=O)CC=CC1. The van der Waals surface area contributed by atoms with Crippen molar-refractivity contribution < 1.29 is 9.09 Å². The van der Waals surface area contributed by atoms with Gasteiger partial charge in [0.05, 0.1) is 6.10 Å². The van der Waals surface area contributed by atoms with Gasteiger partial charge in [0.15, 0.2) is 0 Å². The third kappa shape index (κ3) is 2.05. The molecule has 2 atom stereocenters. The van der Waals surface area contributed by atoms with E-state index < -0.39 is 7.37 Å². The van der Waals surface area contributed by atoms with E-state index in [4.69, 9.17) is 4.52 Å². The summed E-state index contributed by atoms with van der Waals surface area (Å²) in [5, 5.41) is 0. The summed E-state index contributed by atoms with van der Waals surface area (Å²) in [5.74, 6) is 0.603. The van der Waals surface area contributed by atoms with Crippen molar-refractivity contribution in [1.82, 2.24) is 0 Å². The van der Waals surface area contributed by atoms with E-state index in [-0.39, 0.29) is 6.10 Å².